The smallest absolute Gasteiger partial charge is 0.304 e. The topological polar surface area (TPSA) is 75.3 Å². The standard InChI is InChI=1S/C10H12Cl2N2O2/c11-6-1-2-9(8(12)3-6)14-5-7(13)4-10(15)16/h1-3,7,14H,4-5,13H2,(H,15,16). The molecule has 88 valence electrons. The average molecular weight is 263 g/mol. The fraction of sp³-hybridized carbons (Fsp3) is 0.300. The van der Waals surface area contributed by atoms with E-state index in [9.17, 15) is 4.79 Å². The van der Waals surface area contributed by atoms with Crippen LogP contribution in [0.3, 0.4) is 0 Å². The first-order valence-electron chi connectivity index (χ1n) is 4.65. The van der Waals surface area contributed by atoms with Crippen molar-refractivity contribution in [2.75, 3.05) is 11.9 Å². The summed E-state index contributed by atoms with van der Waals surface area (Å²) in [7, 11) is 0. The Morgan fingerprint density at radius 1 is 1.50 bits per heavy atom. The molecule has 0 aliphatic carbocycles. The van der Waals surface area contributed by atoms with Gasteiger partial charge in [-0.3, -0.25) is 4.79 Å². The number of carboxylic acid groups (broad SMARTS) is 1. The van der Waals surface area contributed by atoms with Gasteiger partial charge in [-0.2, -0.15) is 0 Å². The molecule has 0 fully saturated rings. The number of anilines is 1. The Labute approximate surface area is 103 Å². The van der Waals surface area contributed by atoms with Crippen LogP contribution < -0.4 is 11.1 Å². The second-order valence-electron chi connectivity index (χ2n) is 3.36. The molecule has 6 heteroatoms. The highest BCUT2D eigenvalue weighted by Gasteiger charge is 2.08. The fourth-order valence-corrected chi connectivity index (χ4v) is 1.65. The first-order valence-corrected chi connectivity index (χ1v) is 5.41. The molecule has 1 atom stereocenters. The van der Waals surface area contributed by atoms with E-state index in [4.69, 9.17) is 34.0 Å². The minimum absolute atomic E-state index is 0.0851. The molecule has 0 bridgehead atoms. The van der Waals surface area contributed by atoms with E-state index < -0.39 is 12.0 Å². The molecule has 0 radical (unpaired) electrons. The summed E-state index contributed by atoms with van der Waals surface area (Å²) in [5.74, 6) is -0.920. The summed E-state index contributed by atoms with van der Waals surface area (Å²) in [6.07, 6.45) is -0.0851. The predicted molar refractivity (Wildman–Crippen MR) is 65.2 cm³/mol. The van der Waals surface area contributed by atoms with Crippen molar-refractivity contribution in [3.05, 3.63) is 28.2 Å². The molecule has 0 saturated carbocycles. The molecule has 4 nitrogen and oxygen atoms in total. The maximum atomic E-state index is 10.4. The quantitative estimate of drug-likeness (QED) is 0.761. The van der Waals surface area contributed by atoms with E-state index in [2.05, 4.69) is 5.32 Å². The molecule has 1 rings (SSSR count). The van der Waals surface area contributed by atoms with Gasteiger partial charge in [0.2, 0.25) is 0 Å². The molecular formula is C10H12Cl2N2O2. The molecule has 1 aromatic rings. The first kappa shape index (κ1) is 13.1. The lowest BCUT2D eigenvalue weighted by molar-refractivity contribution is -0.137. The highest BCUT2D eigenvalue weighted by Crippen LogP contribution is 2.25. The molecule has 4 N–H and O–H groups in total. The second-order valence-corrected chi connectivity index (χ2v) is 4.21. The Morgan fingerprint density at radius 3 is 2.75 bits per heavy atom. The summed E-state index contributed by atoms with van der Waals surface area (Å²) in [5.41, 5.74) is 6.28. The van der Waals surface area contributed by atoms with E-state index in [0.29, 0.717) is 22.3 Å². The van der Waals surface area contributed by atoms with E-state index in [0.717, 1.165) is 0 Å². The average Bonchev–Trinajstić information content (AvgIpc) is 2.15. The predicted octanol–water partition coefficient (Wildman–Crippen LogP) is 2.21. The van der Waals surface area contributed by atoms with Gasteiger partial charge in [-0.1, -0.05) is 23.2 Å². The van der Waals surface area contributed by atoms with Crippen molar-refractivity contribution in [1.82, 2.24) is 0 Å². The maximum Gasteiger partial charge on any atom is 0.304 e. The van der Waals surface area contributed by atoms with Gasteiger partial charge in [-0.15, -0.1) is 0 Å². The highest BCUT2D eigenvalue weighted by atomic mass is 35.5. The van der Waals surface area contributed by atoms with Gasteiger partial charge in [0, 0.05) is 17.6 Å². The zero-order valence-electron chi connectivity index (χ0n) is 8.41. The van der Waals surface area contributed by atoms with Crippen molar-refractivity contribution in [2.45, 2.75) is 12.5 Å². The summed E-state index contributed by atoms with van der Waals surface area (Å²) >= 11 is 11.6. The van der Waals surface area contributed by atoms with Crippen molar-refractivity contribution in [3.8, 4) is 0 Å². The summed E-state index contributed by atoms with van der Waals surface area (Å²) in [4.78, 5) is 10.4. The number of nitrogens with one attached hydrogen (secondary N) is 1. The van der Waals surface area contributed by atoms with Crippen LogP contribution in [0.4, 0.5) is 5.69 Å². The Morgan fingerprint density at radius 2 is 2.19 bits per heavy atom. The van der Waals surface area contributed by atoms with Crippen LogP contribution in [0.15, 0.2) is 18.2 Å². The number of carbonyl (C=O) groups is 1. The molecule has 0 aliphatic rings. The van der Waals surface area contributed by atoms with Crippen LogP contribution in [0.1, 0.15) is 6.42 Å². The molecule has 1 unspecified atom stereocenters. The van der Waals surface area contributed by atoms with E-state index >= 15 is 0 Å². The molecule has 0 aromatic heterocycles. The summed E-state index contributed by atoms with van der Waals surface area (Å²) in [6.45, 7) is 0.341. The third-order valence-corrected chi connectivity index (χ3v) is 2.47. The number of carboxylic acids is 1. The van der Waals surface area contributed by atoms with Crippen molar-refractivity contribution >= 4 is 34.9 Å². The molecule has 0 spiro atoms. The van der Waals surface area contributed by atoms with Gasteiger partial charge < -0.3 is 16.2 Å². The van der Waals surface area contributed by atoms with Crippen LogP contribution in [0.5, 0.6) is 0 Å². The Balaban J connectivity index is 2.51. The van der Waals surface area contributed by atoms with Gasteiger partial charge in [-0.25, -0.2) is 0 Å². The van der Waals surface area contributed by atoms with Gasteiger partial charge in [0.1, 0.15) is 0 Å². The fourth-order valence-electron chi connectivity index (χ4n) is 1.17. The van der Waals surface area contributed by atoms with Crippen molar-refractivity contribution in [3.63, 3.8) is 0 Å². The zero-order valence-corrected chi connectivity index (χ0v) is 9.92. The number of benzene rings is 1. The molecule has 0 amide bonds. The van der Waals surface area contributed by atoms with Gasteiger partial charge in [0.05, 0.1) is 17.1 Å². The lowest BCUT2D eigenvalue weighted by atomic mass is 10.2. The van der Waals surface area contributed by atoms with E-state index in [-0.39, 0.29) is 6.42 Å². The number of aliphatic carboxylic acids is 1. The molecule has 1 aromatic carbocycles. The lowest BCUT2D eigenvalue weighted by Gasteiger charge is -2.12. The van der Waals surface area contributed by atoms with E-state index in [1.54, 1.807) is 18.2 Å². The van der Waals surface area contributed by atoms with Gasteiger partial charge >= 0.3 is 5.97 Å². The third kappa shape index (κ3) is 4.26. The second kappa shape index (κ2) is 5.94. The monoisotopic (exact) mass is 262 g/mol. The van der Waals surface area contributed by atoms with Gasteiger partial charge in [0.15, 0.2) is 0 Å². The summed E-state index contributed by atoms with van der Waals surface area (Å²) in [5, 5.41) is 12.5. The zero-order chi connectivity index (χ0) is 12.1. The molecule has 0 aliphatic heterocycles. The van der Waals surface area contributed by atoms with Crippen molar-refractivity contribution < 1.29 is 9.90 Å². The Kier molecular flexibility index (Phi) is 4.86. The summed E-state index contributed by atoms with van der Waals surface area (Å²) in [6, 6.07) is 4.56. The maximum absolute atomic E-state index is 10.4. The SMILES string of the molecule is NC(CNc1ccc(Cl)cc1Cl)CC(=O)O. The first-order chi connectivity index (χ1) is 7.49. The van der Waals surface area contributed by atoms with Crippen LogP contribution in [-0.4, -0.2) is 23.7 Å². The third-order valence-electron chi connectivity index (χ3n) is 1.92. The molecule has 0 saturated heterocycles. The van der Waals surface area contributed by atoms with Crippen LogP contribution >= 0.6 is 23.2 Å². The molecule has 16 heavy (non-hydrogen) atoms. The van der Waals surface area contributed by atoms with Crippen LogP contribution in [0.2, 0.25) is 10.0 Å². The number of halogens is 2. The highest BCUT2D eigenvalue weighted by molar-refractivity contribution is 6.36. The van der Waals surface area contributed by atoms with Crippen molar-refractivity contribution in [1.29, 1.82) is 0 Å². The van der Waals surface area contributed by atoms with Crippen LogP contribution in [0.25, 0.3) is 0 Å². The molecule has 0 heterocycles. The lowest BCUT2D eigenvalue weighted by Crippen LogP contribution is -2.31. The Bertz CT molecular complexity index is 385. The number of hydrogen-bond acceptors (Lipinski definition) is 3. The van der Waals surface area contributed by atoms with E-state index in [1.807, 2.05) is 0 Å². The van der Waals surface area contributed by atoms with E-state index in [1.165, 1.54) is 0 Å². The minimum Gasteiger partial charge on any atom is -0.481 e. The van der Waals surface area contributed by atoms with Gasteiger partial charge in [-0.05, 0) is 18.2 Å². The van der Waals surface area contributed by atoms with Crippen LogP contribution in [-0.2, 0) is 4.79 Å². The minimum atomic E-state index is -0.920. The van der Waals surface area contributed by atoms with Crippen molar-refractivity contribution in [2.24, 2.45) is 5.73 Å². The Hall–Kier alpha value is -0.970. The van der Waals surface area contributed by atoms with Gasteiger partial charge in [0.25, 0.3) is 0 Å². The molecular weight excluding hydrogens is 251 g/mol. The number of nitrogens with two attached hydrogens (primary N) is 1. The van der Waals surface area contributed by atoms with Crippen LogP contribution in [0, 0.1) is 0 Å². The summed E-state index contributed by atoms with van der Waals surface area (Å²) < 4.78 is 0. The number of rotatable bonds is 5. The largest absolute Gasteiger partial charge is 0.481 e. The normalized spacial score (nSPS) is 12.2. The number of hydrogen-bond donors (Lipinski definition) is 3.